The summed E-state index contributed by atoms with van der Waals surface area (Å²) in [5, 5.41) is 6.66. The molecule has 1 N–H and O–H groups in total. The van der Waals surface area contributed by atoms with E-state index in [1.54, 1.807) is 17.6 Å². The molecule has 2 heterocycles. The van der Waals surface area contributed by atoms with Crippen LogP contribution in [0.3, 0.4) is 0 Å². The predicted octanol–water partition coefficient (Wildman–Crippen LogP) is 2.94. The Hall–Kier alpha value is -1.13. The standard InChI is InChI=1S/C12H16N2OS/c1-3-13-11(7-10-5-4-6-15-10)12-8-16-9(2)14-12/h4-6,8,11,13H,3,7H2,1-2H3. The fourth-order valence-electron chi connectivity index (χ4n) is 1.70. The fraction of sp³-hybridized carbons (Fsp3) is 0.417. The van der Waals surface area contributed by atoms with Crippen LogP contribution in [-0.2, 0) is 6.42 Å². The summed E-state index contributed by atoms with van der Waals surface area (Å²) in [6.45, 7) is 5.07. The summed E-state index contributed by atoms with van der Waals surface area (Å²) >= 11 is 1.69. The number of likely N-dealkylation sites (N-methyl/N-ethyl adjacent to an activating group) is 1. The smallest absolute Gasteiger partial charge is 0.105 e. The van der Waals surface area contributed by atoms with Gasteiger partial charge < -0.3 is 9.73 Å². The van der Waals surface area contributed by atoms with Crippen molar-refractivity contribution in [1.29, 1.82) is 0 Å². The van der Waals surface area contributed by atoms with Gasteiger partial charge in [0.25, 0.3) is 0 Å². The molecule has 0 saturated carbocycles. The minimum atomic E-state index is 0.251. The minimum absolute atomic E-state index is 0.251. The maximum atomic E-state index is 5.37. The first-order valence-corrected chi connectivity index (χ1v) is 6.35. The van der Waals surface area contributed by atoms with Crippen LogP contribution in [0, 0.1) is 6.92 Å². The number of aromatic nitrogens is 1. The van der Waals surface area contributed by atoms with Crippen molar-refractivity contribution in [1.82, 2.24) is 10.3 Å². The summed E-state index contributed by atoms with van der Waals surface area (Å²) in [5.74, 6) is 0.997. The number of hydrogen-bond donors (Lipinski definition) is 1. The molecule has 0 aliphatic carbocycles. The first kappa shape index (κ1) is 11.4. The molecule has 0 saturated heterocycles. The van der Waals surface area contributed by atoms with Crippen molar-refractivity contribution in [3.05, 3.63) is 40.2 Å². The molecule has 0 spiro atoms. The summed E-state index contributed by atoms with van der Waals surface area (Å²) in [6, 6.07) is 4.18. The van der Waals surface area contributed by atoms with E-state index < -0.39 is 0 Å². The third kappa shape index (κ3) is 2.71. The lowest BCUT2D eigenvalue weighted by Crippen LogP contribution is -2.23. The van der Waals surface area contributed by atoms with Gasteiger partial charge in [-0.05, 0) is 25.6 Å². The molecule has 1 unspecified atom stereocenters. The van der Waals surface area contributed by atoms with Gasteiger partial charge in [0.15, 0.2) is 0 Å². The highest BCUT2D eigenvalue weighted by atomic mass is 32.1. The van der Waals surface area contributed by atoms with Crippen molar-refractivity contribution in [2.24, 2.45) is 0 Å². The van der Waals surface area contributed by atoms with E-state index in [1.165, 1.54) is 0 Å². The first-order chi connectivity index (χ1) is 7.79. The highest BCUT2D eigenvalue weighted by molar-refractivity contribution is 7.09. The first-order valence-electron chi connectivity index (χ1n) is 5.47. The molecule has 86 valence electrons. The van der Waals surface area contributed by atoms with Gasteiger partial charge in [0.1, 0.15) is 5.76 Å². The Bertz CT molecular complexity index is 422. The third-order valence-corrected chi connectivity index (χ3v) is 3.22. The van der Waals surface area contributed by atoms with Gasteiger partial charge in [-0.1, -0.05) is 6.92 Å². The monoisotopic (exact) mass is 236 g/mol. The Balaban J connectivity index is 2.11. The van der Waals surface area contributed by atoms with E-state index in [2.05, 4.69) is 22.6 Å². The van der Waals surface area contributed by atoms with Crippen LogP contribution in [0.15, 0.2) is 28.2 Å². The molecule has 0 radical (unpaired) electrons. The largest absolute Gasteiger partial charge is 0.469 e. The maximum absolute atomic E-state index is 5.37. The average Bonchev–Trinajstić information content (AvgIpc) is 2.88. The van der Waals surface area contributed by atoms with E-state index in [-0.39, 0.29) is 6.04 Å². The zero-order valence-corrected chi connectivity index (χ0v) is 10.4. The second-order valence-corrected chi connectivity index (χ2v) is 4.75. The average molecular weight is 236 g/mol. The molecule has 3 nitrogen and oxygen atoms in total. The van der Waals surface area contributed by atoms with Gasteiger partial charge in [-0.2, -0.15) is 0 Å². The van der Waals surface area contributed by atoms with E-state index in [4.69, 9.17) is 4.42 Å². The Labute approximate surface area is 99.5 Å². The van der Waals surface area contributed by atoms with Gasteiger partial charge in [-0.15, -0.1) is 11.3 Å². The molecule has 0 amide bonds. The zero-order valence-electron chi connectivity index (χ0n) is 9.56. The van der Waals surface area contributed by atoms with Crippen molar-refractivity contribution in [2.45, 2.75) is 26.3 Å². The molecular weight excluding hydrogens is 220 g/mol. The van der Waals surface area contributed by atoms with Crippen LogP contribution in [0.1, 0.15) is 29.4 Å². The molecule has 0 bridgehead atoms. The van der Waals surface area contributed by atoms with Gasteiger partial charge in [-0.3, -0.25) is 0 Å². The summed E-state index contributed by atoms with van der Waals surface area (Å²) in [7, 11) is 0. The van der Waals surface area contributed by atoms with Gasteiger partial charge in [0, 0.05) is 11.8 Å². The molecule has 1 atom stereocenters. The molecule has 4 heteroatoms. The van der Waals surface area contributed by atoms with Crippen LogP contribution >= 0.6 is 11.3 Å². The highest BCUT2D eigenvalue weighted by Crippen LogP contribution is 2.20. The van der Waals surface area contributed by atoms with Crippen molar-refractivity contribution in [2.75, 3.05) is 6.54 Å². The molecule has 0 aliphatic rings. The number of furan rings is 1. The van der Waals surface area contributed by atoms with Gasteiger partial charge in [0.05, 0.1) is 23.0 Å². The van der Waals surface area contributed by atoms with Crippen LogP contribution in [0.4, 0.5) is 0 Å². The topological polar surface area (TPSA) is 38.1 Å². The van der Waals surface area contributed by atoms with Crippen molar-refractivity contribution < 1.29 is 4.42 Å². The van der Waals surface area contributed by atoms with Crippen molar-refractivity contribution in [3.8, 4) is 0 Å². The van der Waals surface area contributed by atoms with Gasteiger partial charge in [0.2, 0.25) is 0 Å². The SMILES string of the molecule is CCNC(Cc1ccco1)c1csc(C)n1. The number of nitrogens with zero attached hydrogens (tertiary/aromatic N) is 1. The normalized spacial score (nSPS) is 12.9. The Morgan fingerprint density at radius 1 is 1.56 bits per heavy atom. The highest BCUT2D eigenvalue weighted by Gasteiger charge is 2.15. The quantitative estimate of drug-likeness (QED) is 0.867. The second kappa shape index (κ2) is 5.27. The second-order valence-electron chi connectivity index (χ2n) is 3.69. The van der Waals surface area contributed by atoms with Crippen LogP contribution in [0.5, 0.6) is 0 Å². The third-order valence-electron chi connectivity index (χ3n) is 2.43. The number of aryl methyl sites for hydroxylation is 1. The lowest BCUT2D eigenvalue weighted by molar-refractivity contribution is 0.450. The molecule has 2 rings (SSSR count). The molecule has 2 aromatic rings. The van der Waals surface area contributed by atoms with E-state index in [0.29, 0.717) is 0 Å². The number of thiazole rings is 1. The Kier molecular flexibility index (Phi) is 3.74. The summed E-state index contributed by atoms with van der Waals surface area (Å²) in [6.07, 6.45) is 2.56. The predicted molar refractivity (Wildman–Crippen MR) is 65.7 cm³/mol. The van der Waals surface area contributed by atoms with Gasteiger partial charge >= 0.3 is 0 Å². The van der Waals surface area contributed by atoms with Crippen LogP contribution < -0.4 is 5.32 Å². The summed E-state index contributed by atoms with van der Waals surface area (Å²) in [4.78, 5) is 4.52. The number of rotatable bonds is 5. The van der Waals surface area contributed by atoms with Crippen LogP contribution in [0.25, 0.3) is 0 Å². The van der Waals surface area contributed by atoms with Crippen molar-refractivity contribution >= 4 is 11.3 Å². The minimum Gasteiger partial charge on any atom is -0.469 e. The lowest BCUT2D eigenvalue weighted by Gasteiger charge is -2.14. The van der Waals surface area contributed by atoms with E-state index in [1.807, 2.05) is 19.1 Å². The number of nitrogens with one attached hydrogen (secondary N) is 1. The summed E-state index contributed by atoms with van der Waals surface area (Å²) < 4.78 is 5.37. The molecule has 16 heavy (non-hydrogen) atoms. The molecular formula is C12H16N2OS. The fourth-order valence-corrected chi connectivity index (χ4v) is 2.36. The Morgan fingerprint density at radius 3 is 3.00 bits per heavy atom. The molecule has 0 aromatic carbocycles. The zero-order chi connectivity index (χ0) is 11.4. The van der Waals surface area contributed by atoms with E-state index in [0.717, 1.165) is 29.4 Å². The summed E-state index contributed by atoms with van der Waals surface area (Å²) in [5.41, 5.74) is 1.11. The van der Waals surface area contributed by atoms with Crippen molar-refractivity contribution in [3.63, 3.8) is 0 Å². The van der Waals surface area contributed by atoms with E-state index in [9.17, 15) is 0 Å². The maximum Gasteiger partial charge on any atom is 0.105 e. The lowest BCUT2D eigenvalue weighted by atomic mass is 10.1. The Morgan fingerprint density at radius 2 is 2.44 bits per heavy atom. The number of hydrogen-bond acceptors (Lipinski definition) is 4. The van der Waals surface area contributed by atoms with Crippen LogP contribution in [0.2, 0.25) is 0 Å². The molecule has 2 aromatic heterocycles. The van der Waals surface area contributed by atoms with Gasteiger partial charge in [-0.25, -0.2) is 4.98 Å². The molecule has 0 fully saturated rings. The van der Waals surface area contributed by atoms with E-state index >= 15 is 0 Å². The molecule has 0 aliphatic heterocycles. The van der Waals surface area contributed by atoms with Crippen LogP contribution in [-0.4, -0.2) is 11.5 Å².